The molecule has 1 heterocycles. The van der Waals surface area contributed by atoms with Crippen LogP contribution >= 0.6 is 0 Å². The zero-order valence-corrected chi connectivity index (χ0v) is 11.7. The summed E-state index contributed by atoms with van der Waals surface area (Å²) in [4.78, 5) is 14.6. The molecule has 1 aromatic rings. The van der Waals surface area contributed by atoms with Crippen LogP contribution in [0.25, 0.3) is 0 Å². The Morgan fingerprint density at radius 1 is 1.22 bits per heavy atom. The first-order valence-corrected chi connectivity index (χ1v) is 6.03. The fourth-order valence-electron chi connectivity index (χ4n) is 1.33. The first kappa shape index (κ1) is 14.4. The first-order chi connectivity index (χ1) is 8.56. The highest BCUT2D eigenvalue weighted by Gasteiger charge is 2.08. The van der Waals surface area contributed by atoms with Crippen LogP contribution in [0.4, 0.5) is 17.8 Å². The van der Waals surface area contributed by atoms with Gasteiger partial charge in [-0.05, 0) is 13.8 Å². The standard InChI is InChI=1S/C11H22N6O/c1-6-18-8(2)7-13-10-14-9(12-3)15-11(16-10)17(4)5/h8H,6-7H2,1-5H3,(H2,12,13,14,15,16). The second-order valence-corrected chi connectivity index (χ2v) is 4.07. The average molecular weight is 254 g/mol. The summed E-state index contributed by atoms with van der Waals surface area (Å²) < 4.78 is 5.44. The van der Waals surface area contributed by atoms with Gasteiger partial charge in [-0.2, -0.15) is 15.0 Å². The number of ether oxygens (including phenoxy) is 1. The van der Waals surface area contributed by atoms with Crippen LogP contribution in [-0.4, -0.2) is 55.4 Å². The molecular weight excluding hydrogens is 232 g/mol. The quantitative estimate of drug-likeness (QED) is 0.746. The predicted molar refractivity (Wildman–Crippen MR) is 73.3 cm³/mol. The Labute approximate surface area is 108 Å². The van der Waals surface area contributed by atoms with Gasteiger partial charge in [-0.1, -0.05) is 0 Å². The van der Waals surface area contributed by atoms with Crippen LogP contribution in [-0.2, 0) is 4.74 Å². The van der Waals surface area contributed by atoms with Gasteiger partial charge in [0.15, 0.2) is 0 Å². The van der Waals surface area contributed by atoms with Crippen LogP contribution in [0, 0.1) is 0 Å². The minimum absolute atomic E-state index is 0.118. The molecule has 0 saturated heterocycles. The lowest BCUT2D eigenvalue weighted by molar-refractivity contribution is 0.0854. The SMILES string of the molecule is CCOC(C)CNc1nc(NC)nc(N(C)C)n1. The largest absolute Gasteiger partial charge is 0.377 e. The van der Waals surface area contributed by atoms with Crippen LogP contribution < -0.4 is 15.5 Å². The van der Waals surface area contributed by atoms with Crippen LogP contribution in [0.5, 0.6) is 0 Å². The third-order valence-electron chi connectivity index (χ3n) is 2.25. The van der Waals surface area contributed by atoms with E-state index in [-0.39, 0.29) is 6.10 Å². The Morgan fingerprint density at radius 2 is 1.89 bits per heavy atom. The minimum Gasteiger partial charge on any atom is -0.377 e. The van der Waals surface area contributed by atoms with Crippen molar-refractivity contribution in [2.24, 2.45) is 0 Å². The van der Waals surface area contributed by atoms with E-state index < -0.39 is 0 Å². The van der Waals surface area contributed by atoms with E-state index in [2.05, 4.69) is 25.6 Å². The van der Waals surface area contributed by atoms with Crippen LogP contribution in [0.15, 0.2) is 0 Å². The molecule has 0 saturated carbocycles. The molecule has 0 aromatic carbocycles. The number of rotatable bonds is 7. The fourth-order valence-corrected chi connectivity index (χ4v) is 1.33. The van der Waals surface area contributed by atoms with Crippen LogP contribution in [0.1, 0.15) is 13.8 Å². The number of hydrogen-bond acceptors (Lipinski definition) is 7. The van der Waals surface area contributed by atoms with Gasteiger partial charge >= 0.3 is 0 Å². The molecule has 7 heteroatoms. The van der Waals surface area contributed by atoms with Gasteiger partial charge < -0.3 is 20.3 Å². The predicted octanol–water partition coefficient (Wildman–Crippen LogP) is 0.816. The van der Waals surface area contributed by atoms with E-state index in [1.54, 1.807) is 7.05 Å². The van der Waals surface area contributed by atoms with E-state index in [4.69, 9.17) is 4.74 Å². The van der Waals surface area contributed by atoms with E-state index in [1.165, 1.54) is 0 Å². The summed E-state index contributed by atoms with van der Waals surface area (Å²) in [6, 6.07) is 0. The van der Waals surface area contributed by atoms with Crippen molar-refractivity contribution in [1.82, 2.24) is 15.0 Å². The fraction of sp³-hybridized carbons (Fsp3) is 0.727. The zero-order valence-electron chi connectivity index (χ0n) is 11.7. The molecule has 7 nitrogen and oxygen atoms in total. The maximum Gasteiger partial charge on any atom is 0.231 e. The molecule has 1 atom stereocenters. The molecule has 0 aliphatic heterocycles. The number of nitrogens with one attached hydrogen (secondary N) is 2. The Balaban J connectivity index is 2.72. The number of aromatic nitrogens is 3. The van der Waals surface area contributed by atoms with E-state index in [9.17, 15) is 0 Å². The third kappa shape index (κ3) is 4.33. The number of anilines is 3. The van der Waals surface area contributed by atoms with Crippen molar-refractivity contribution in [3.8, 4) is 0 Å². The normalized spacial score (nSPS) is 12.1. The van der Waals surface area contributed by atoms with Crippen molar-refractivity contribution in [2.75, 3.05) is 49.8 Å². The van der Waals surface area contributed by atoms with Gasteiger partial charge in [0.25, 0.3) is 0 Å². The smallest absolute Gasteiger partial charge is 0.231 e. The van der Waals surface area contributed by atoms with Crippen molar-refractivity contribution in [2.45, 2.75) is 20.0 Å². The molecule has 0 aliphatic rings. The Hall–Kier alpha value is -1.63. The monoisotopic (exact) mass is 254 g/mol. The lowest BCUT2D eigenvalue weighted by atomic mass is 10.4. The minimum atomic E-state index is 0.118. The summed E-state index contributed by atoms with van der Waals surface area (Å²) in [5.74, 6) is 1.70. The molecular formula is C11H22N6O. The van der Waals surface area contributed by atoms with E-state index in [1.807, 2.05) is 32.8 Å². The topological polar surface area (TPSA) is 75.2 Å². The molecule has 102 valence electrons. The molecule has 0 fully saturated rings. The van der Waals surface area contributed by atoms with Crippen LogP contribution in [0.3, 0.4) is 0 Å². The Bertz CT molecular complexity index is 371. The number of nitrogens with zero attached hydrogens (tertiary/aromatic N) is 4. The molecule has 1 unspecified atom stereocenters. The molecule has 1 aromatic heterocycles. The summed E-state index contributed by atoms with van der Waals surface area (Å²) in [6.07, 6.45) is 0.118. The first-order valence-electron chi connectivity index (χ1n) is 6.03. The van der Waals surface area contributed by atoms with E-state index >= 15 is 0 Å². The van der Waals surface area contributed by atoms with Crippen molar-refractivity contribution < 1.29 is 4.74 Å². The maximum absolute atomic E-state index is 5.44. The third-order valence-corrected chi connectivity index (χ3v) is 2.25. The van der Waals surface area contributed by atoms with Gasteiger partial charge in [0.2, 0.25) is 17.8 Å². The highest BCUT2D eigenvalue weighted by Crippen LogP contribution is 2.10. The molecule has 0 aliphatic carbocycles. The molecule has 0 bridgehead atoms. The Kier molecular flexibility index (Phi) is 5.57. The second-order valence-electron chi connectivity index (χ2n) is 4.07. The maximum atomic E-state index is 5.44. The molecule has 2 N–H and O–H groups in total. The summed E-state index contributed by atoms with van der Waals surface area (Å²) in [5.41, 5.74) is 0. The van der Waals surface area contributed by atoms with Gasteiger partial charge in [-0.3, -0.25) is 0 Å². The van der Waals surface area contributed by atoms with Gasteiger partial charge in [0.1, 0.15) is 0 Å². The Morgan fingerprint density at radius 3 is 2.44 bits per heavy atom. The molecule has 0 radical (unpaired) electrons. The highest BCUT2D eigenvalue weighted by molar-refractivity contribution is 5.42. The van der Waals surface area contributed by atoms with Crippen molar-refractivity contribution in [3.05, 3.63) is 0 Å². The van der Waals surface area contributed by atoms with Gasteiger partial charge in [-0.25, -0.2) is 0 Å². The van der Waals surface area contributed by atoms with E-state index in [0.717, 1.165) is 0 Å². The molecule has 18 heavy (non-hydrogen) atoms. The van der Waals surface area contributed by atoms with Gasteiger partial charge in [-0.15, -0.1) is 0 Å². The molecule has 0 spiro atoms. The molecule has 0 amide bonds. The summed E-state index contributed by atoms with van der Waals surface area (Å²) >= 11 is 0. The van der Waals surface area contributed by atoms with Crippen LogP contribution in [0.2, 0.25) is 0 Å². The van der Waals surface area contributed by atoms with Gasteiger partial charge in [0.05, 0.1) is 6.10 Å². The summed E-state index contributed by atoms with van der Waals surface area (Å²) in [5, 5.41) is 6.06. The average Bonchev–Trinajstić information content (AvgIpc) is 2.36. The molecule has 1 rings (SSSR count). The lowest BCUT2D eigenvalue weighted by Gasteiger charge is -2.15. The lowest BCUT2D eigenvalue weighted by Crippen LogP contribution is -2.22. The summed E-state index contributed by atoms with van der Waals surface area (Å²) in [6.45, 7) is 5.34. The van der Waals surface area contributed by atoms with Crippen molar-refractivity contribution >= 4 is 17.8 Å². The highest BCUT2D eigenvalue weighted by atomic mass is 16.5. The zero-order chi connectivity index (χ0) is 13.5. The van der Waals surface area contributed by atoms with Gasteiger partial charge in [0, 0.05) is 34.3 Å². The van der Waals surface area contributed by atoms with Crippen molar-refractivity contribution in [3.63, 3.8) is 0 Å². The summed E-state index contributed by atoms with van der Waals surface area (Å²) in [7, 11) is 5.56. The second kappa shape index (κ2) is 6.95. The van der Waals surface area contributed by atoms with E-state index in [0.29, 0.717) is 31.0 Å². The van der Waals surface area contributed by atoms with Crippen molar-refractivity contribution in [1.29, 1.82) is 0 Å². The number of hydrogen-bond donors (Lipinski definition) is 2.